The van der Waals surface area contributed by atoms with Crippen LogP contribution in [-0.4, -0.2) is 35.3 Å². The highest BCUT2D eigenvalue weighted by Gasteiger charge is 2.30. The van der Waals surface area contributed by atoms with Crippen LogP contribution in [0, 0.1) is 11.3 Å². The molecular formula is C15H31NOS. The zero-order valence-electron chi connectivity index (χ0n) is 12.8. The highest BCUT2D eigenvalue weighted by atomic mass is 32.2. The van der Waals surface area contributed by atoms with Crippen LogP contribution in [-0.2, 0) is 0 Å². The lowest BCUT2D eigenvalue weighted by Crippen LogP contribution is -2.45. The average Bonchev–Trinajstić information content (AvgIpc) is 2.26. The van der Waals surface area contributed by atoms with Crippen molar-refractivity contribution in [3.05, 3.63) is 0 Å². The van der Waals surface area contributed by atoms with Crippen LogP contribution in [0.4, 0.5) is 0 Å². The van der Waals surface area contributed by atoms with E-state index < -0.39 is 5.60 Å². The van der Waals surface area contributed by atoms with E-state index in [1.807, 2.05) is 13.2 Å². The maximum Gasteiger partial charge on any atom is 0.0833 e. The smallest absolute Gasteiger partial charge is 0.0833 e. The molecule has 1 atom stereocenters. The summed E-state index contributed by atoms with van der Waals surface area (Å²) < 4.78 is 0. The molecule has 0 aromatic carbocycles. The predicted molar refractivity (Wildman–Crippen MR) is 82.2 cm³/mol. The minimum Gasteiger partial charge on any atom is -0.388 e. The molecule has 0 aliphatic heterocycles. The highest BCUT2D eigenvalue weighted by Crippen LogP contribution is 2.37. The molecule has 1 unspecified atom stereocenters. The quantitative estimate of drug-likeness (QED) is 0.806. The first-order valence-corrected chi connectivity index (χ1v) is 8.59. The topological polar surface area (TPSA) is 32.3 Å². The second-order valence-corrected chi connectivity index (χ2v) is 8.09. The zero-order chi connectivity index (χ0) is 13.8. The molecule has 0 saturated heterocycles. The summed E-state index contributed by atoms with van der Waals surface area (Å²) in [6.07, 6.45) is 7.22. The Morgan fingerprint density at radius 1 is 1.11 bits per heavy atom. The van der Waals surface area contributed by atoms with Crippen molar-refractivity contribution >= 4 is 11.8 Å². The molecule has 0 spiro atoms. The van der Waals surface area contributed by atoms with E-state index in [1.165, 1.54) is 25.7 Å². The Balaban J connectivity index is 2.28. The van der Waals surface area contributed by atoms with E-state index in [2.05, 4.69) is 26.1 Å². The number of rotatable bonds is 5. The zero-order valence-corrected chi connectivity index (χ0v) is 13.6. The van der Waals surface area contributed by atoms with Gasteiger partial charge >= 0.3 is 0 Å². The molecule has 18 heavy (non-hydrogen) atoms. The second-order valence-electron chi connectivity index (χ2n) is 7.23. The lowest BCUT2D eigenvalue weighted by molar-refractivity contribution is 0.0752. The van der Waals surface area contributed by atoms with Gasteiger partial charge in [-0.25, -0.2) is 0 Å². The molecule has 1 aliphatic rings. The molecule has 1 aliphatic carbocycles. The standard InChI is InChI=1S/C15H31NOS/c1-14(2,3)12-6-8-13(9-7-12)16-10-15(4,17)11-18-5/h12-13,16-17H,6-11H2,1-5H3. The van der Waals surface area contributed by atoms with Crippen LogP contribution in [0.5, 0.6) is 0 Å². The number of nitrogens with one attached hydrogen (secondary N) is 1. The van der Waals surface area contributed by atoms with Crippen molar-refractivity contribution in [3.8, 4) is 0 Å². The van der Waals surface area contributed by atoms with Crippen molar-refractivity contribution in [2.24, 2.45) is 11.3 Å². The largest absolute Gasteiger partial charge is 0.388 e. The van der Waals surface area contributed by atoms with E-state index in [1.54, 1.807) is 11.8 Å². The molecule has 0 aromatic rings. The molecule has 1 saturated carbocycles. The van der Waals surface area contributed by atoms with Gasteiger partial charge in [0, 0.05) is 18.3 Å². The van der Waals surface area contributed by atoms with E-state index in [0.717, 1.165) is 18.2 Å². The van der Waals surface area contributed by atoms with E-state index in [4.69, 9.17) is 0 Å². The summed E-state index contributed by atoms with van der Waals surface area (Å²) in [4.78, 5) is 0. The van der Waals surface area contributed by atoms with Crippen LogP contribution in [0.15, 0.2) is 0 Å². The molecule has 0 amide bonds. The van der Waals surface area contributed by atoms with Crippen molar-refractivity contribution in [1.29, 1.82) is 0 Å². The van der Waals surface area contributed by atoms with Crippen molar-refractivity contribution < 1.29 is 5.11 Å². The number of thioether (sulfide) groups is 1. The van der Waals surface area contributed by atoms with Crippen LogP contribution < -0.4 is 5.32 Å². The van der Waals surface area contributed by atoms with Crippen LogP contribution in [0.3, 0.4) is 0 Å². The summed E-state index contributed by atoms with van der Waals surface area (Å²) in [5, 5.41) is 13.7. The first-order chi connectivity index (χ1) is 8.24. The minimum absolute atomic E-state index is 0.454. The Morgan fingerprint density at radius 2 is 1.67 bits per heavy atom. The number of hydrogen-bond donors (Lipinski definition) is 2. The molecule has 3 heteroatoms. The molecule has 108 valence electrons. The van der Waals surface area contributed by atoms with Crippen molar-refractivity contribution in [2.45, 2.75) is 65.0 Å². The summed E-state index contributed by atoms with van der Waals surface area (Å²) in [7, 11) is 0. The minimum atomic E-state index is -0.569. The second kappa shape index (κ2) is 6.62. The fourth-order valence-electron chi connectivity index (χ4n) is 2.89. The molecule has 2 N–H and O–H groups in total. The van der Waals surface area contributed by atoms with Crippen LogP contribution in [0.2, 0.25) is 0 Å². The Kier molecular flexibility index (Phi) is 6.01. The summed E-state index contributed by atoms with van der Waals surface area (Å²) in [5.74, 6) is 1.67. The van der Waals surface area contributed by atoms with Gasteiger partial charge < -0.3 is 10.4 Å². The fraction of sp³-hybridized carbons (Fsp3) is 1.00. The van der Waals surface area contributed by atoms with Crippen molar-refractivity contribution in [2.75, 3.05) is 18.6 Å². The van der Waals surface area contributed by atoms with Crippen LogP contribution in [0.25, 0.3) is 0 Å². The van der Waals surface area contributed by atoms with Gasteiger partial charge in [-0.15, -0.1) is 0 Å². The number of aliphatic hydroxyl groups is 1. The van der Waals surface area contributed by atoms with Gasteiger partial charge in [0.05, 0.1) is 5.60 Å². The number of hydrogen-bond acceptors (Lipinski definition) is 3. The first kappa shape index (κ1) is 16.3. The molecule has 1 rings (SSSR count). The molecule has 0 radical (unpaired) electrons. The van der Waals surface area contributed by atoms with Gasteiger partial charge in [-0.1, -0.05) is 20.8 Å². The summed E-state index contributed by atoms with van der Waals surface area (Å²) in [5.41, 5.74) is -0.115. The lowest BCUT2D eigenvalue weighted by Gasteiger charge is -2.38. The first-order valence-electron chi connectivity index (χ1n) is 7.19. The van der Waals surface area contributed by atoms with Crippen molar-refractivity contribution in [1.82, 2.24) is 5.32 Å². The Hall–Kier alpha value is 0.270. The molecule has 0 aromatic heterocycles. The average molecular weight is 273 g/mol. The van der Waals surface area contributed by atoms with Gasteiger partial charge in [0.25, 0.3) is 0 Å². The van der Waals surface area contributed by atoms with Gasteiger partial charge in [0.1, 0.15) is 0 Å². The van der Waals surface area contributed by atoms with Crippen LogP contribution in [0.1, 0.15) is 53.4 Å². The fourth-order valence-corrected chi connectivity index (χ4v) is 3.61. The SMILES string of the molecule is CSCC(C)(O)CNC1CCC(C(C)(C)C)CC1. The lowest BCUT2D eigenvalue weighted by atomic mass is 9.71. The molecule has 0 heterocycles. The van der Waals surface area contributed by atoms with Crippen LogP contribution >= 0.6 is 11.8 Å². The van der Waals surface area contributed by atoms with Gasteiger partial charge in [0.15, 0.2) is 0 Å². The Bertz CT molecular complexity index is 239. The predicted octanol–water partition coefficient (Wildman–Crippen LogP) is 3.29. The molecule has 0 bridgehead atoms. The third-order valence-corrected chi connectivity index (χ3v) is 5.09. The molecule has 1 fully saturated rings. The highest BCUT2D eigenvalue weighted by molar-refractivity contribution is 7.98. The normalized spacial score (nSPS) is 29.0. The summed E-state index contributed by atoms with van der Waals surface area (Å²) in [6, 6.07) is 0.608. The van der Waals surface area contributed by atoms with Crippen molar-refractivity contribution in [3.63, 3.8) is 0 Å². The third kappa shape index (κ3) is 5.50. The summed E-state index contributed by atoms with van der Waals surface area (Å²) >= 11 is 1.71. The maximum atomic E-state index is 10.1. The van der Waals surface area contributed by atoms with E-state index in [9.17, 15) is 5.11 Å². The van der Waals surface area contributed by atoms with Gasteiger partial charge in [-0.2, -0.15) is 11.8 Å². The van der Waals surface area contributed by atoms with Gasteiger partial charge in [0.2, 0.25) is 0 Å². The van der Waals surface area contributed by atoms with Gasteiger partial charge in [-0.05, 0) is 50.2 Å². The van der Waals surface area contributed by atoms with E-state index in [-0.39, 0.29) is 0 Å². The Morgan fingerprint density at radius 3 is 2.11 bits per heavy atom. The van der Waals surface area contributed by atoms with Gasteiger partial charge in [-0.3, -0.25) is 0 Å². The Labute approximate surface area is 117 Å². The maximum absolute atomic E-state index is 10.1. The third-order valence-electron chi connectivity index (χ3n) is 4.18. The molecular weight excluding hydrogens is 242 g/mol. The molecule has 2 nitrogen and oxygen atoms in total. The monoisotopic (exact) mass is 273 g/mol. The van der Waals surface area contributed by atoms with E-state index >= 15 is 0 Å². The van der Waals surface area contributed by atoms with E-state index in [0.29, 0.717) is 11.5 Å². The summed E-state index contributed by atoms with van der Waals surface area (Å²) in [6.45, 7) is 9.72.